The first kappa shape index (κ1) is 15.3. The third-order valence-electron chi connectivity index (χ3n) is 4.91. The molecule has 1 N–H and O–H groups in total. The number of aliphatic hydroxyl groups excluding tert-OH is 1. The lowest BCUT2D eigenvalue weighted by atomic mass is 9.69. The number of esters is 1. The number of carbonyl (C=O) groups excluding carboxylic acids is 1. The molecular weight excluding hydrogens is 252 g/mol. The molecule has 0 bridgehead atoms. The van der Waals surface area contributed by atoms with Crippen LogP contribution in [0.25, 0.3) is 0 Å². The zero-order valence-electron chi connectivity index (χ0n) is 12.9. The number of aliphatic hydroxyl groups is 1. The smallest absolute Gasteiger partial charge is 0.308 e. The first-order chi connectivity index (χ1) is 9.43. The Bertz CT molecular complexity index is 424. The summed E-state index contributed by atoms with van der Waals surface area (Å²) in [4.78, 5) is 12.1. The summed E-state index contributed by atoms with van der Waals surface area (Å²) in [5.74, 6) is 0.894. The highest BCUT2D eigenvalue weighted by Gasteiger charge is 2.40. The Labute approximate surface area is 121 Å². The van der Waals surface area contributed by atoms with Gasteiger partial charge in [-0.3, -0.25) is 4.79 Å². The maximum absolute atomic E-state index is 12.1. The fraction of sp³-hybridized carbons (Fsp3) is 0.706. The lowest BCUT2D eigenvalue weighted by molar-refractivity contribution is -0.158. The molecule has 0 aromatic rings. The van der Waals surface area contributed by atoms with E-state index in [1.165, 1.54) is 0 Å². The van der Waals surface area contributed by atoms with E-state index < -0.39 is 6.10 Å². The number of fused-ring (bicyclic) bond motifs is 1. The highest BCUT2D eigenvalue weighted by molar-refractivity contribution is 5.72. The first-order valence-corrected chi connectivity index (χ1v) is 7.72. The van der Waals surface area contributed by atoms with Gasteiger partial charge in [0.2, 0.25) is 0 Å². The molecule has 112 valence electrons. The van der Waals surface area contributed by atoms with Gasteiger partial charge in [-0.2, -0.15) is 0 Å². The van der Waals surface area contributed by atoms with E-state index in [9.17, 15) is 9.90 Å². The van der Waals surface area contributed by atoms with Crippen molar-refractivity contribution in [2.45, 2.75) is 52.7 Å². The van der Waals surface area contributed by atoms with E-state index in [4.69, 9.17) is 4.74 Å². The molecule has 0 amide bonds. The minimum absolute atomic E-state index is 0.0756. The fourth-order valence-corrected chi connectivity index (χ4v) is 3.13. The number of hydrogen-bond acceptors (Lipinski definition) is 3. The molecule has 2 aliphatic rings. The Morgan fingerprint density at radius 1 is 1.50 bits per heavy atom. The minimum atomic E-state index is -0.513. The van der Waals surface area contributed by atoms with Crippen molar-refractivity contribution in [3.8, 4) is 0 Å². The molecule has 2 aliphatic carbocycles. The van der Waals surface area contributed by atoms with Crippen molar-refractivity contribution >= 4 is 5.97 Å². The molecule has 0 heterocycles. The summed E-state index contributed by atoms with van der Waals surface area (Å²) >= 11 is 0. The maximum atomic E-state index is 12.1. The lowest BCUT2D eigenvalue weighted by Gasteiger charge is -2.41. The van der Waals surface area contributed by atoms with Crippen LogP contribution in [0.1, 0.15) is 40.5 Å². The molecule has 6 atom stereocenters. The number of rotatable bonds is 3. The molecule has 20 heavy (non-hydrogen) atoms. The van der Waals surface area contributed by atoms with E-state index in [2.05, 4.69) is 26.0 Å². The Morgan fingerprint density at radius 3 is 2.85 bits per heavy atom. The molecule has 3 nitrogen and oxygen atoms in total. The predicted molar refractivity (Wildman–Crippen MR) is 79.0 cm³/mol. The zero-order valence-corrected chi connectivity index (χ0v) is 12.9. The van der Waals surface area contributed by atoms with Crippen LogP contribution in [0.4, 0.5) is 0 Å². The van der Waals surface area contributed by atoms with E-state index in [0.29, 0.717) is 18.3 Å². The lowest BCUT2D eigenvalue weighted by Crippen LogP contribution is -2.41. The second-order valence-corrected chi connectivity index (χ2v) is 6.36. The van der Waals surface area contributed by atoms with Crippen LogP contribution >= 0.6 is 0 Å². The van der Waals surface area contributed by atoms with Gasteiger partial charge >= 0.3 is 5.97 Å². The monoisotopic (exact) mass is 278 g/mol. The molecule has 0 saturated heterocycles. The summed E-state index contributed by atoms with van der Waals surface area (Å²) in [5.41, 5.74) is 1.12. The largest absolute Gasteiger partial charge is 0.461 e. The fourth-order valence-electron chi connectivity index (χ4n) is 3.13. The zero-order chi connectivity index (χ0) is 14.9. The number of carbonyl (C=O) groups is 1. The van der Waals surface area contributed by atoms with Crippen LogP contribution in [0, 0.1) is 23.7 Å². The summed E-state index contributed by atoms with van der Waals surface area (Å²) in [6.07, 6.45) is 6.77. The first-order valence-electron chi connectivity index (χ1n) is 7.72. The molecule has 0 spiro atoms. The third kappa shape index (κ3) is 2.98. The normalized spacial score (nSPS) is 37.9. The van der Waals surface area contributed by atoms with Crippen molar-refractivity contribution in [2.24, 2.45) is 23.7 Å². The number of ether oxygens (including phenoxy) is 1. The van der Waals surface area contributed by atoms with Gasteiger partial charge in [0.25, 0.3) is 0 Å². The molecule has 2 rings (SSSR count). The SMILES string of the molecule is CC[C@H](C)C(=O)OC1C[C@H](O)C=C2C=C[C@@H](C)[C@H](C)C21. The van der Waals surface area contributed by atoms with E-state index in [0.717, 1.165) is 12.0 Å². The van der Waals surface area contributed by atoms with Crippen molar-refractivity contribution in [3.63, 3.8) is 0 Å². The second-order valence-electron chi connectivity index (χ2n) is 6.36. The Morgan fingerprint density at radius 2 is 2.20 bits per heavy atom. The van der Waals surface area contributed by atoms with Crippen LogP contribution in [0.15, 0.2) is 23.8 Å². The van der Waals surface area contributed by atoms with Crippen molar-refractivity contribution in [1.29, 1.82) is 0 Å². The predicted octanol–water partition coefficient (Wildman–Crippen LogP) is 3.09. The van der Waals surface area contributed by atoms with Crippen LogP contribution in [0.5, 0.6) is 0 Å². The van der Waals surface area contributed by atoms with E-state index in [1.54, 1.807) is 0 Å². The molecule has 3 heteroatoms. The topological polar surface area (TPSA) is 46.5 Å². The van der Waals surface area contributed by atoms with E-state index in [1.807, 2.05) is 19.9 Å². The molecule has 0 aromatic carbocycles. The van der Waals surface area contributed by atoms with Gasteiger partial charge in [0.1, 0.15) is 6.10 Å². The van der Waals surface area contributed by atoms with Crippen molar-refractivity contribution in [3.05, 3.63) is 23.8 Å². The highest BCUT2D eigenvalue weighted by Crippen LogP contribution is 2.41. The standard InChI is InChI=1S/C17H26O3/c1-5-10(2)17(19)20-15-9-14(18)8-13-7-6-11(3)12(4)16(13)15/h6-8,10-12,14-16,18H,5,9H2,1-4H3/t10-,11+,12-,14+,15?,16?/m0/s1. The van der Waals surface area contributed by atoms with E-state index in [-0.39, 0.29) is 23.9 Å². The summed E-state index contributed by atoms with van der Waals surface area (Å²) in [7, 11) is 0. The van der Waals surface area contributed by atoms with Crippen LogP contribution in [-0.4, -0.2) is 23.3 Å². The van der Waals surface area contributed by atoms with Gasteiger partial charge < -0.3 is 9.84 Å². The molecule has 0 saturated carbocycles. The third-order valence-corrected chi connectivity index (χ3v) is 4.91. The van der Waals surface area contributed by atoms with Gasteiger partial charge in [-0.25, -0.2) is 0 Å². The average molecular weight is 278 g/mol. The number of hydrogen-bond donors (Lipinski definition) is 1. The van der Waals surface area contributed by atoms with Gasteiger partial charge in [-0.15, -0.1) is 0 Å². The average Bonchev–Trinajstić information content (AvgIpc) is 2.41. The van der Waals surface area contributed by atoms with Crippen molar-refractivity contribution < 1.29 is 14.6 Å². The highest BCUT2D eigenvalue weighted by atomic mass is 16.5. The van der Waals surface area contributed by atoms with Crippen LogP contribution in [0.2, 0.25) is 0 Å². The Balaban J connectivity index is 2.19. The second kappa shape index (κ2) is 6.13. The van der Waals surface area contributed by atoms with Crippen LogP contribution < -0.4 is 0 Å². The summed E-state index contributed by atoms with van der Waals surface area (Å²) < 4.78 is 5.73. The Kier molecular flexibility index (Phi) is 4.69. The van der Waals surface area contributed by atoms with Gasteiger partial charge in [-0.1, -0.05) is 45.9 Å². The molecule has 0 radical (unpaired) electrons. The summed E-state index contributed by atoms with van der Waals surface area (Å²) in [6, 6.07) is 0. The minimum Gasteiger partial charge on any atom is -0.461 e. The number of allylic oxidation sites excluding steroid dienone is 2. The quantitative estimate of drug-likeness (QED) is 0.807. The van der Waals surface area contributed by atoms with Gasteiger partial charge in [-0.05, 0) is 23.8 Å². The molecule has 2 unspecified atom stereocenters. The van der Waals surface area contributed by atoms with Crippen molar-refractivity contribution in [2.75, 3.05) is 0 Å². The van der Waals surface area contributed by atoms with E-state index >= 15 is 0 Å². The molecule has 0 aliphatic heterocycles. The van der Waals surface area contributed by atoms with Gasteiger partial charge in [0.05, 0.1) is 12.0 Å². The van der Waals surface area contributed by atoms with Gasteiger partial charge in [0, 0.05) is 12.3 Å². The molecule has 0 fully saturated rings. The maximum Gasteiger partial charge on any atom is 0.308 e. The van der Waals surface area contributed by atoms with Crippen molar-refractivity contribution in [1.82, 2.24) is 0 Å². The van der Waals surface area contributed by atoms with Gasteiger partial charge in [0.15, 0.2) is 0 Å². The molecular formula is C17H26O3. The van der Waals surface area contributed by atoms with Crippen LogP contribution in [0.3, 0.4) is 0 Å². The summed E-state index contributed by atoms with van der Waals surface area (Å²) in [5, 5.41) is 9.98. The Hall–Kier alpha value is -1.09. The molecule has 0 aromatic heterocycles. The van der Waals surface area contributed by atoms with Crippen LogP contribution in [-0.2, 0) is 9.53 Å². The summed E-state index contributed by atoms with van der Waals surface area (Å²) in [6.45, 7) is 8.27.